The Balaban J connectivity index is -0.000000411. The fraction of sp³-hybridized carbons (Fsp3) is 0.520. The van der Waals surface area contributed by atoms with E-state index < -0.39 is 0 Å². The Morgan fingerprint density at radius 3 is 1.39 bits per heavy atom. The molecular weight excluding hydrogens is 392 g/mol. The van der Waals surface area contributed by atoms with E-state index >= 15 is 0 Å². The van der Waals surface area contributed by atoms with Crippen molar-refractivity contribution in [2.75, 3.05) is 13.2 Å². The maximum atomic E-state index is 5.27. The number of hydrogen-bond donors (Lipinski definition) is 0. The van der Waals surface area contributed by atoms with Gasteiger partial charge in [0.05, 0.1) is 28.1 Å². The molecule has 0 N–H and O–H groups in total. The van der Waals surface area contributed by atoms with Gasteiger partial charge in [-0.3, -0.25) is 0 Å². The van der Waals surface area contributed by atoms with Crippen molar-refractivity contribution in [2.24, 2.45) is 0 Å². The van der Waals surface area contributed by atoms with E-state index in [0.717, 1.165) is 13.0 Å². The highest BCUT2D eigenvalue weighted by molar-refractivity contribution is 6.93. The second kappa shape index (κ2) is 27.1. The lowest BCUT2D eigenvalue weighted by molar-refractivity contribution is 0.177. The summed E-state index contributed by atoms with van der Waals surface area (Å²) in [5.74, 6) is 7.78. The molecule has 1 nitrogen and oxygen atoms in total. The minimum atomic E-state index is 0.679. The summed E-state index contributed by atoms with van der Waals surface area (Å²) in [5, 5.41) is 0. The molecule has 10 radical (unpaired) electrons. The van der Waals surface area contributed by atoms with Crippen LogP contribution < -0.4 is 0 Å². The van der Waals surface area contributed by atoms with Crippen LogP contribution in [0.2, 0.25) is 6.82 Å². The van der Waals surface area contributed by atoms with Crippen LogP contribution >= 0.6 is 0 Å². The van der Waals surface area contributed by atoms with E-state index in [4.69, 9.17) is 27.9 Å². The molecule has 0 bridgehead atoms. The van der Waals surface area contributed by atoms with Gasteiger partial charge in [0.15, 0.2) is 0 Å². The highest BCUT2D eigenvalue weighted by atomic mass is 16.5. The molecule has 0 saturated heterocycles. The van der Waals surface area contributed by atoms with Crippen LogP contribution in [-0.2, 0) is 4.74 Å². The van der Waals surface area contributed by atoms with Crippen LogP contribution in [0, 0.1) is 0 Å². The third-order valence-electron chi connectivity index (χ3n) is 4.77. The molecule has 0 spiro atoms. The lowest BCUT2D eigenvalue weighted by Crippen LogP contribution is -1.92. The zero-order valence-electron chi connectivity index (χ0n) is 22.7. The Hall–Kier alpha value is -1.15. The molecule has 0 atom stereocenters. The van der Waals surface area contributed by atoms with E-state index in [-0.39, 0.29) is 0 Å². The smallest absolute Gasteiger partial charge is 0.138 e. The van der Waals surface area contributed by atoms with Gasteiger partial charge in [0, 0.05) is 29.8 Å². The van der Waals surface area contributed by atoms with Gasteiger partial charge < -0.3 is 4.74 Å². The van der Waals surface area contributed by atoms with Gasteiger partial charge in [-0.2, -0.15) is 0 Å². The molecule has 0 aromatic carbocycles. The Labute approximate surface area is 214 Å². The van der Waals surface area contributed by atoms with Crippen LogP contribution in [0.1, 0.15) is 68.2 Å². The number of rotatable bonds is 12. The standard InChI is InChI=1S/C9H15B2O.C9H15B2.C7H11B3/c1-4-12-6-5-8(2)9(3)7-11-10;1-4-5-6-8(2)9(3)7-11-10;1-6(4-9-3)7(2)5-10-8/h5,7H,4,6H2,1-3H3;6-7H,4-5H2,1-3H3;4-5H,1-3H3/b8-5+,9-7+;8-6+,9-7+;6-4+,7-5+. The Bertz CT molecular complexity index is 642. The zero-order chi connectivity index (χ0) is 26.1. The molecule has 33 heavy (non-hydrogen) atoms. The summed E-state index contributed by atoms with van der Waals surface area (Å²) in [6.45, 7) is 20.0. The van der Waals surface area contributed by atoms with Gasteiger partial charge in [0.1, 0.15) is 7.28 Å². The lowest BCUT2D eigenvalue weighted by atomic mass is 9.55. The highest BCUT2D eigenvalue weighted by Gasteiger charge is 1.91. The first-order valence-electron chi connectivity index (χ1n) is 11.7. The van der Waals surface area contributed by atoms with Crippen molar-refractivity contribution in [2.45, 2.75) is 75.1 Å². The van der Waals surface area contributed by atoms with Crippen LogP contribution in [0.4, 0.5) is 0 Å². The lowest BCUT2D eigenvalue weighted by Gasteiger charge is -2.01. The molecule has 0 saturated carbocycles. The SMILES string of the molecule is [B][B]/C=C(C)/C(C)=C/CCC.[B][B]/C=C(C)/C(C)=C/COCC.[B][B]/C=C(C)/C(C)=C/[B]C. The van der Waals surface area contributed by atoms with Crippen molar-refractivity contribution in [3.8, 4) is 0 Å². The minimum Gasteiger partial charge on any atom is -0.378 e. The monoisotopic (exact) mass is 434 g/mol. The fourth-order valence-corrected chi connectivity index (χ4v) is 2.19. The van der Waals surface area contributed by atoms with Gasteiger partial charge in [-0.1, -0.05) is 65.8 Å². The molecule has 0 rings (SSSR count). The van der Waals surface area contributed by atoms with E-state index in [1.165, 1.54) is 39.9 Å². The fourth-order valence-electron chi connectivity index (χ4n) is 2.19. The van der Waals surface area contributed by atoms with Gasteiger partial charge in [-0.05, 0) is 54.9 Å². The second-order valence-electron chi connectivity index (χ2n) is 7.53. The van der Waals surface area contributed by atoms with Crippen molar-refractivity contribution < 1.29 is 4.74 Å². The summed E-state index contributed by atoms with van der Waals surface area (Å²) in [4.78, 5) is 0. The largest absolute Gasteiger partial charge is 0.378 e. The highest BCUT2D eigenvalue weighted by Crippen LogP contribution is 2.09. The topological polar surface area (TPSA) is 9.23 Å². The average Bonchev–Trinajstić information content (AvgIpc) is 2.79. The zero-order valence-corrected chi connectivity index (χ0v) is 22.7. The second-order valence-corrected chi connectivity index (χ2v) is 7.53. The van der Waals surface area contributed by atoms with Crippen molar-refractivity contribution >= 4 is 52.0 Å². The Morgan fingerprint density at radius 2 is 1.03 bits per heavy atom. The predicted octanol–water partition coefficient (Wildman–Crippen LogP) is 5.42. The maximum absolute atomic E-state index is 5.27. The van der Waals surface area contributed by atoms with Gasteiger partial charge in [0.2, 0.25) is 0 Å². The molecule has 0 unspecified atom stereocenters. The van der Waals surface area contributed by atoms with E-state index in [1.54, 1.807) is 21.5 Å². The quantitative estimate of drug-likeness (QED) is 0.227. The molecule has 0 aliphatic heterocycles. The third-order valence-corrected chi connectivity index (χ3v) is 4.77. The molecule has 8 heteroatoms. The molecular formula is C25H41B7O. The molecule has 0 amide bonds. The molecule has 0 fully saturated rings. The molecule has 0 aromatic rings. The summed E-state index contributed by atoms with van der Waals surface area (Å²) in [7, 11) is 22.5. The first kappa shape index (κ1) is 36.4. The average molecular weight is 433 g/mol. The number of allylic oxidation sites excluding steroid dienone is 7. The summed E-state index contributed by atoms with van der Waals surface area (Å²) >= 11 is 0. The summed E-state index contributed by atoms with van der Waals surface area (Å²) < 4.78 is 5.19. The van der Waals surface area contributed by atoms with E-state index in [2.05, 4.69) is 45.8 Å². The normalized spacial score (nSPS) is 13.2. The number of ether oxygens (including phenoxy) is 1. The summed E-state index contributed by atoms with van der Waals surface area (Å²) in [5.41, 5.74) is 7.43. The molecule has 0 aromatic heterocycles. The first-order valence-corrected chi connectivity index (χ1v) is 11.7. The molecule has 0 aliphatic carbocycles. The predicted molar refractivity (Wildman–Crippen MR) is 160 cm³/mol. The van der Waals surface area contributed by atoms with E-state index in [1.807, 2.05) is 59.7 Å². The first-order chi connectivity index (χ1) is 15.7. The molecule has 0 aliphatic rings. The van der Waals surface area contributed by atoms with E-state index in [0.29, 0.717) is 6.61 Å². The van der Waals surface area contributed by atoms with Crippen molar-refractivity contribution in [3.05, 3.63) is 69.5 Å². The Kier molecular flexibility index (Phi) is 29.9. The molecule has 0 heterocycles. The summed E-state index contributed by atoms with van der Waals surface area (Å²) in [6, 6.07) is 0. The van der Waals surface area contributed by atoms with Crippen molar-refractivity contribution in [3.63, 3.8) is 0 Å². The van der Waals surface area contributed by atoms with Crippen molar-refractivity contribution in [1.29, 1.82) is 0 Å². The Morgan fingerprint density at radius 1 is 0.636 bits per heavy atom. The van der Waals surface area contributed by atoms with Gasteiger partial charge >= 0.3 is 0 Å². The minimum absolute atomic E-state index is 0.679. The van der Waals surface area contributed by atoms with Gasteiger partial charge in [-0.15, -0.1) is 23.9 Å². The van der Waals surface area contributed by atoms with Crippen LogP contribution in [0.5, 0.6) is 0 Å². The van der Waals surface area contributed by atoms with Gasteiger partial charge in [0.25, 0.3) is 0 Å². The summed E-state index contributed by atoms with van der Waals surface area (Å²) in [6.07, 6.45) is 6.66. The number of hydrogen-bond acceptors (Lipinski definition) is 1. The van der Waals surface area contributed by atoms with Crippen LogP contribution in [-0.4, -0.2) is 65.2 Å². The maximum Gasteiger partial charge on any atom is 0.138 e. The van der Waals surface area contributed by atoms with Gasteiger partial charge in [-0.25, -0.2) is 0 Å². The van der Waals surface area contributed by atoms with Crippen molar-refractivity contribution in [1.82, 2.24) is 0 Å². The van der Waals surface area contributed by atoms with Crippen LogP contribution in [0.25, 0.3) is 0 Å². The third kappa shape index (κ3) is 25.3. The molecule has 168 valence electrons. The van der Waals surface area contributed by atoms with Crippen LogP contribution in [0.15, 0.2) is 69.5 Å². The van der Waals surface area contributed by atoms with Crippen LogP contribution in [0.3, 0.4) is 0 Å². The number of unbranched alkanes of at least 4 members (excludes halogenated alkanes) is 1. The van der Waals surface area contributed by atoms with E-state index in [9.17, 15) is 0 Å².